The van der Waals surface area contributed by atoms with Crippen LogP contribution < -0.4 is 5.32 Å². The third-order valence-corrected chi connectivity index (χ3v) is 3.82. The minimum absolute atomic E-state index is 0.0579. The lowest BCUT2D eigenvalue weighted by atomic mass is 10.1. The molecule has 2 aromatic rings. The lowest BCUT2D eigenvalue weighted by Gasteiger charge is -2.07. The number of H-pyrrole nitrogens is 1. The van der Waals surface area contributed by atoms with Gasteiger partial charge >= 0.3 is 5.97 Å². The second kappa shape index (κ2) is 6.95. The van der Waals surface area contributed by atoms with E-state index in [2.05, 4.69) is 26.2 Å². The zero-order chi connectivity index (χ0) is 17.1. The molecule has 0 bridgehead atoms. The molecule has 5 nitrogen and oxygen atoms in total. The molecule has 0 radical (unpaired) electrons. The van der Waals surface area contributed by atoms with Gasteiger partial charge in [0.2, 0.25) is 0 Å². The summed E-state index contributed by atoms with van der Waals surface area (Å²) in [5.41, 5.74) is 1.59. The van der Waals surface area contributed by atoms with E-state index in [1.807, 2.05) is 0 Å². The highest BCUT2D eigenvalue weighted by Crippen LogP contribution is 2.23. The first-order valence-electron chi connectivity index (χ1n) is 6.97. The van der Waals surface area contributed by atoms with Crippen LogP contribution >= 0.6 is 15.9 Å². The summed E-state index contributed by atoms with van der Waals surface area (Å²) >= 11 is 3.15. The fourth-order valence-electron chi connectivity index (χ4n) is 2.26. The van der Waals surface area contributed by atoms with Crippen molar-refractivity contribution in [3.05, 3.63) is 51.0 Å². The largest absolute Gasteiger partial charge is 0.462 e. The smallest absolute Gasteiger partial charge is 0.340 e. The topological polar surface area (TPSA) is 71.2 Å². The lowest BCUT2D eigenvalue weighted by molar-refractivity contribution is 0.0525. The van der Waals surface area contributed by atoms with Gasteiger partial charge in [-0.1, -0.05) is 15.9 Å². The van der Waals surface area contributed by atoms with Gasteiger partial charge in [0.15, 0.2) is 0 Å². The minimum atomic E-state index is -0.556. The van der Waals surface area contributed by atoms with E-state index in [4.69, 9.17) is 4.74 Å². The number of anilines is 1. The van der Waals surface area contributed by atoms with Crippen LogP contribution in [0.3, 0.4) is 0 Å². The molecule has 0 fully saturated rings. The second-order valence-corrected chi connectivity index (χ2v) is 5.84. The van der Waals surface area contributed by atoms with Crippen molar-refractivity contribution in [3.63, 3.8) is 0 Å². The van der Waals surface area contributed by atoms with Crippen LogP contribution in [0.4, 0.5) is 10.1 Å². The molecule has 1 aromatic carbocycles. The number of carbonyl (C=O) groups excluding carboxylic acids is 2. The molecule has 1 aromatic heterocycles. The van der Waals surface area contributed by atoms with Gasteiger partial charge in [0.1, 0.15) is 11.5 Å². The highest BCUT2D eigenvalue weighted by molar-refractivity contribution is 9.10. The maximum atomic E-state index is 13.8. The van der Waals surface area contributed by atoms with Crippen molar-refractivity contribution in [2.24, 2.45) is 0 Å². The monoisotopic (exact) mass is 382 g/mol. The van der Waals surface area contributed by atoms with Crippen LogP contribution in [0.15, 0.2) is 22.7 Å². The van der Waals surface area contributed by atoms with Gasteiger partial charge in [-0.3, -0.25) is 4.79 Å². The van der Waals surface area contributed by atoms with Gasteiger partial charge in [0.05, 0.1) is 17.9 Å². The first-order valence-corrected chi connectivity index (χ1v) is 7.77. The Kier molecular flexibility index (Phi) is 5.20. The van der Waals surface area contributed by atoms with E-state index in [1.54, 1.807) is 26.8 Å². The molecule has 23 heavy (non-hydrogen) atoms. The van der Waals surface area contributed by atoms with Crippen LogP contribution in [-0.2, 0) is 4.74 Å². The standard InChI is InChI=1S/C16H16BrFN2O3/c1-4-23-16(22)13-8(2)14(19-9(13)3)15(21)20-12-6-5-10(17)7-11(12)18/h5-7,19H,4H2,1-3H3,(H,20,21). The van der Waals surface area contributed by atoms with Gasteiger partial charge in [0.25, 0.3) is 5.91 Å². The average Bonchev–Trinajstić information content (AvgIpc) is 2.77. The maximum absolute atomic E-state index is 13.8. The molecule has 1 amide bonds. The normalized spacial score (nSPS) is 10.5. The summed E-state index contributed by atoms with van der Waals surface area (Å²) in [6.07, 6.45) is 0. The SMILES string of the molecule is CCOC(=O)c1c(C)[nH]c(C(=O)Nc2ccc(Br)cc2F)c1C. The summed E-state index contributed by atoms with van der Waals surface area (Å²) in [6.45, 7) is 5.27. The molecule has 0 aliphatic rings. The molecule has 0 spiro atoms. The number of aromatic amines is 1. The maximum Gasteiger partial charge on any atom is 0.340 e. The predicted octanol–water partition coefficient (Wildman–Crippen LogP) is 3.96. The molecule has 0 unspecified atom stereocenters. The molecule has 0 saturated heterocycles. The van der Waals surface area contributed by atoms with E-state index >= 15 is 0 Å². The molecule has 1 heterocycles. The quantitative estimate of drug-likeness (QED) is 0.786. The summed E-state index contributed by atoms with van der Waals surface area (Å²) in [5, 5.41) is 2.49. The number of hydrogen-bond donors (Lipinski definition) is 2. The van der Waals surface area contributed by atoms with E-state index in [0.29, 0.717) is 21.3 Å². The number of aryl methyl sites for hydroxylation is 1. The molecular formula is C16H16BrFN2O3. The lowest BCUT2D eigenvalue weighted by Crippen LogP contribution is -2.15. The highest BCUT2D eigenvalue weighted by Gasteiger charge is 2.23. The number of aromatic nitrogens is 1. The molecule has 7 heteroatoms. The Labute approximate surface area is 141 Å². The van der Waals surface area contributed by atoms with Gasteiger partial charge in [-0.15, -0.1) is 0 Å². The molecule has 2 rings (SSSR count). The predicted molar refractivity (Wildman–Crippen MR) is 88.3 cm³/mol. The number of hydrogen-bond acceptors (Lipinski definition) is 3. The van der Waals surface area contributed by atoms with E-state index in [1.165, 1.54) is 12.1 Å². The van der Waals surface area contributed by atoms with Crippen molar-refractivity contribution in [2.45, 2.75) is 20.8 Å². The van der Waals surface area contributed by atoms with Crippen LogP contribution in [0.25, 0.3) is 0 Å². The Morgan fingerprint density at radius 3 is 2.65 bits per heavy atom. The number of carbonyl (C=O) groups is 2. The van der Waals surface area contributed by atoms with Crippen LogP contribution in [0, 0.1) is 19.7 Å². The van der Waals surface area contributed by atoms with Gasteiger partial charge < -0.3 is 15.0 Å². The second-order valence-electron chi connectivity index (χ2n) is 4.92. The summed E-state index contributed by atoms with van der Waals surface area (Å²) in [6, 6.07) is 4.33. The molecule has 0 atom stereocenters. The fraction of sp³-hybridized carbons (Fsp3) is 0.250. The third-order valence-electron chi connectivity index (χ3n) is 3.32. The number of esters is 1. The van der Waals surface area contributed by atoms with Crippen molar-refractivity contribution in [1.29, 1.82) is 0 Å². The number of nitrogens with one attached hydrogen (secondary N) is 2. The van der Waals surface area contributed by atoms with Crippen LogP contribution in [0.1, 0.15) is 39.0 Å². The molecule has 122 valence electrons. The van der Waals surface area contributed by atoms with Crippen molar-refractivity contribution >= 4 is 33.5 Å². The van der Waals surface area contributed by atoms with E-state index in [0.717, 1.165) is 0 Å². The summed E-state index contributed by atoms with van der Waals surface area (Å²) in [7, 11) is 0. The third kappa shape index (κ3) is 3.61. The first-order chi connectivity index (χ1) is 10.8. The van der Waals surface area contributed by atoms with Crippen LogP contribution in [0.5, 0.6) is 0 Å². The highest BCUT2D eigenvalue weighted by atomic mass is 79.9. The Balaban J connectivity index is 2.30. The van der Waals surface area contributed by atoms with Gasteiger partial charge in [-0.2, -0.15) is 0 Å². The Morgan fingerprint density at radius 1 is 1.35 bits per heavy atom. The van der Waals surface area contributed by atoms with E-state index < -0.39 is 17.7 Å². The van der Waals surface area contributed by atoms with Crippen molar-refractivity contribution < 1.29 is 18.7 Å². The van der Waals surface area contributed by atoms with Crippen molar-refractivity contribution in [3.8, 4) is 0 Å². The van der Waals surface area contributed by atoms with Crippen molar-refractivity contribution in [2.75, 3.05) is 11.9 Å². The fourth-order valence-corrected chi connectivity index (χ4v) is 2.60. The number of benzene rings is 1. The Morgan fingerprint density at radius 2 is 2.04 bits per heavy atom. The Bertz CT molecular complexity index is 771. The van der Waals surface area contributed by atoms with Gasteiger partial charge in [-0.05, 0) is 44.5 Å². The molecule has 0 aliphatic heterocycles. The Hall–Kier alpha value is -2.15. The van der Waals surface area contributed by atoms with Gasteiger partial charge in [0, 0.05) is 10.2 Å². The first kappa shape index (κ1) is 17.2. The molecular weight excluding hydrogens is 367 g/mol. The zero-order valence-corrected chi connectivity index (χ0v) is 14.5. The van der Waals surface area contributed by atoms with E-state index in [9.17, 15) is 14.0 Å². The number of rotatable bonds is 4. The average molecular weight is 383 g/mol. The molecule has 0 saturated carbocycles. The molecule has 0 aliphatic carbocycles. The number of ether oxygens (including phenoxy) is 1. The molecule has 2 N–H and O–H groups in total. The summed E-state index contributed by atoms with van der Waals surface area (Å²) in [5.74, 6) is -1.57. The zero-order valence-electron chi connectivity index (χ0n) is 12.9. The van der Waals surface area contributed by atoms with Crippen LogP contribution in [0.2, 0.25) is 0 Å². The number of amides is 1. The summed E-state index contributed by atoms with van der Waals surface area (Å²) in [4.78, 5) is 27.1. The van der Waals surface area contributed by atoms with Crippen LogP contribution in [-0.4, -0.2) is 23.5 Å². The van der Waals surface area contributed by atoms with Crippen molar-refractivity contribution in [1.82, 2.24) is 4.98 Å². The van der Waals surface area contributed by atoms with E-state index in [-0.39, 0.29) is 18.0 Å². The van der Waals surface area contributed by atoms with Gasteiger partial charge in [-0.25, -0.2) is 9.18 Å². The minimum Gasteiger partial charge on any atom is -0.462 e. The summed E-state index contributed by atoms with van der Waals surface area (Å²) < 4.78 is 19.4. The number of halogens is 2.